The molecule has 0 heterocycles. The molecule has 0 aliphatic heterocycles. The average Bonchev–Trinajstić information content (AvgIpc) is 2.75. The molecule has 0 N–H and O–H groups in total. The zero-order valence-electron chi connectivity index (χ0n) is 15.7. The molecule has 10 heteroatoms. The number of hydrogen-bond acceptors (Lipinski definition) is 8. The summed E-state index contributed by atoms with van der Waals surface area (Å²) in [6, 6.07) is 8.67. The number of carbonyl (C=O) groups is 4. The van der Waals surface area contributed by atoms with Gasteiger partial charge in [-0.25, -0.2) is 18.4 Å². The van der Waals surface area contributed by atoms with E-state index >= 15 is 0 Å². The fourth-order valence-corrected chi connectivity index (χ4v) is 2.95. The third-order valence-electron chi connectivity index (χ3n) is 3.85. The van der Waals surface area contributed by atoms with Gasteiger partial charge >= 0.3 is 11.9 Å². The number of Topliss-reactive ketones (excluding diaryl/α,β-unsaturated/α-hetero) is 1. The maximum atomic E-state index is 13.0. The summed E-state index contributed by atoms with van der Waals surface area (Å²) in [5, 5.41) is 0. The van der Waals surface area contributed by atoms with Gasteiger partial charge in [-0.2, -0.15) is 0 Å². The van der Waals surface area contributed by atoms with Crippen LogP contribution in [0.15, 0.2) is 71.0 Å². The van der Waals surface area contributed by atoms with Crippen LogP contribution >= 0.6 is 12.0 Å². The van der Waals surface area contributed by atoms with Gasteiger partial charge in [0.1, 0.15) is 16.5 Å². The minimum absolute atomic E-state index is 0.0546. The Bertz CT molecular complexity index is 1120. The van der Waals surface area contributed by atoms with Crippen LogP contribution in [-0.4, -0.2) is 30.6 Å². The molecule has 2 aromatic carbocycles. The number of allylic oxidation sites excluding steroid dienone is 2. The lowest BCUT2D eigenvalue weighted by atomic mass is 10.1. The molecule has 0 saturated carbocycles. The van der Waals surface area contributed by atoms with Crippen LogP contribution < -0.4 is 0 Å². The van der Waals surface area contributed by atoms with Crippen molar-refractivity contribution in [2.45, 2.75) is 0 Å². The van der Waals surface area contributed by atoms with Crippen LogP contribution in [0.2, 0.25) is 0 Å². The molecule has 2 aromatic rings. The Morgan fingerprint density at radius 2 is 1.29 bits per heavy atom. The molecule has 0 aromatic heterocycles. The van der Waals surface area contributed by atoms with E-state index < -0.39 is 51.6 Å². The summed E-state index contributed by atoms with van der Waals surface area (Å²) in [6.45, 7) is 0. The van der Waals surface area contributed by atoms with E-state index in [1.807, 2.05) is 0 Å². The van der Waals surface area contributed by atoms with E-state index in [-0.39, 0.29) is 11.1 Å². The SMILES string of the molecule is COSC1=C(OC(=O)c2ccc(F)cc2)C(=O)C=C(OC(=O)c2ccc(F)cc2)C1=O. The highest BCUT2D eigenvalue weighted by Gasteiger charge is 2.35. The Balaban J connectivity index is 1.83. The molecule has 0 spiro atoms. The van der Waals surface area contributed by atoms with Gasteiger partial charge in [-0.1, -0.05) is 0 Å². The summed E-state index contributed by atoms with van der Waals surface area (Å²) < 4.78 is 40.9. The first-order valence-corrected chi connectivity index (χ1v) is 9.25. The highest BCUT2D eigenvalue weighted by atomic mass is 32.2. The molecule has 0 atom stereocenters. The van der Waals surface area contributed by atoms with E-state index in [9.17, 15) is 28.0 Å². The van der Waals surface area contributed by atoms with Crippen molar-refractivity contribution in [2.24, 2.45) is 0 Å². The standard InChI is InChI=1S/C21H12F2O7S/c1-28-31-19-17(25)16(29-20(26)11-2-6-13(22)7-3-11)10-15(24)18(19)30-21(27)12-4-8-14(23)9-5-12/h2-10H,1H3. The first kappa shape index (κ1) is 22.1. The molecular weight excluding hydrogens is 434 g/mol. The van der Waals surface area contributed by atoms with Crippen molar-refractivity contribution in [3.8, 4) is 0 Å². The fraction of sp³-hybridized carbons (Fsp3) is 0.0476. The van der Waals surface area contributed by atoms with Gasteiger partial charge in [0.05, 0.1) is 18.2 Å². The van der Waals surface area contributed by atoms with Gasteiger partial charge in [-0.05, 0) is 48.5 Å². The number of carbonyl (C=O) groups excluding carboxylic acids is 4. The monoisotopic (exact) mass is 446 g/mol. The van der Waals surface area contributed by atoms with Crippen molar-refractivity contribution < 1.29 is 41.6 Å². The minimum atomic E-state index is -1.01. The summed E-state index contributed by atoms with van der Waals surface area (Å²) in [5.74, 6) is -6.29. The second-order valence-corrected chi connectivity index (χ2v) is 6.81. The lowest BCUT2D eigenvalue weighted by Crippen LogP contribution is -2.24. The highest BCUT2D eigenvalue weighted by Crippen LogP contribution is 2.31. The Morgan fingerprint density at radius 1 is 0.806 bits per heavy atom. The third-order valence-corrected chi connectivity index (χ3v) is 4.55. The van der Waals surface area contributed by atoms with E-state index in [0.29, 0.717) is 18.1 Å². The van der Waals surface area contributed by atoms with E-state index in [1.54, 1.807) is 0 Å². The topological polar surface area (TPSA) is 96.0 Å². The molecule has 0 bridgehead atoms. The Labute approximate surface area is 178 Å². The average molecular weight is 446 g/mol. The second-order valence-electron chi connectivity index (χ2n) is 5.90. The number of rotatable bonds is 6. The zero-order valence-corrected chi connectivity index (χ0v) is 16.5. The Kier molecular flexibility index (Phi) is 6.73. The molecule has 158 valence electrons. The molecule has 0 radical (unpaired) electrons. The predicted octanol–water partition coefficient (Wildman–Crippen LogP) is 3.52. The number of ether oxygens (including phenoxy) is 2. The van der Waals surface area contributed by atoms with Crippen LogP contribution in [0.4, 0.5) is 8.78 Å². The molecule has 0 unspecified atom stereocenters. The van der Waals surface area contributed by atoms with Crippen LogP contribution in [0, 0.1) is 11.6 Å². The Morgan fingerprint density at radius 3 is 1.77 bits per heavy atom. The molecule has 7 nitrogen and oxygen atoms in total. The van der Waals surface area contributed by atoms with Crippen molar-refractivity contribution >= 4 is 35.5 Å². The normalized spacial score (nSPS) is 13.7. The lowest BCUT2D eigenvalue weighted by Gasteiger charge is -2.17. The van der Waals surface area contributed by atoms with Crippen molar-refractivity contribution in [1.29, 1.82) is 0 Å². The maximum absolute atomic E-state index is 13.0. The van der Waals surface area contributed by atoms with Crippen LogP contribution in [0.25, 0.3) is 0 Å². The van der Waals surface area contributed by atoms with E-state index in [2.05, 4.69) is 0 Å². The second kappa shape index (κ2) is 9.45. The summed E-state index contributed by atoms with van der Waals surface area (Å²) in [5.41, 5.74) is -0.116. The van der Waals surface area contributed by atoms with Crippen LogP contribution in [0.5, 0.6) is 0 Å². The van der Waals surface area contributed by atoms with Crippen molar-refractivity contribution in [3.05, 3.63) is 93.8 Å². The van der Waals surface area contributed by atoms with E-state index in [0.717, 1.165) is 48.5 Å². The summed E-state index contributed by atoms with van der Waals surface area (Å²) in [4.78, 5) is 49.2. The summed E-state index contributed by atoms with van der Waals surface area (Å²) in [6.07, 6.45) is 0.691. The zero-order chi connectivity index (χ0) is 22.5. The van der Waals surface area contributed by atoms with Gasteiger partial charge in [-0.15, -0.1) is 0 Å². The summed E-state index contributed by atoms with van der Waals surface area (Å²) >= 11 is 0.431. The molecule has 0 amide bonds. The largest absolute Gasteiger partial charge is 0.419 e. The number of ketones is 2. The number of hydrogen-bond donors (Lipinski definition) is 0. The Hall–Kier alpha value is -3.63. The van der Waals surface area contributed by atoms with Gasteiger partial charge in [0, 0.05) is 18.1 Å². The van der Waals surface area contributed by atoms with E-state index in [1.165, 1.54) is 7.11 Å². The first-order chi connectivity index (χ1) is 14.8. The molecule has 1 aliphatic rings. The highest BCUT2D eigenvalue weighted by molar-refractivity contribution is 7.99. The van der Waals surface area contributed by atoms with Gasteiger partial charge < -0.3 is 13.7 Å². The van der Waals surface area contributed by atoms with Gasteiger partial charge in [-0.3, -0.25) is 9.59 Å². The van der Waals surface area contributed by atoms with Crippen LogP contribution in [0.3, 0.4) is 0 Å². The number of benzene rings is 2. The van der Waals surface area contributed by atoms with Gasteiger partial charge in [0.15, 0.2) is 11.5 Å². The van der Waals surface area contributed by atoms with Crippen LogP contribution in [0.1, 0.15) is 20.7 Å². The molecule has 1 aliphatic carbocycles. The molecular formula is C21H12F2O7S. The van der Waals surface area contributed by atoms with Crippen molar-refractivity contribution in [1.82, 2.24) is 0 Å². The van der Waals surface area contributed by atoms with Crippen molar-refractivity contribution in [2.75, 3.05) is 7.11 Å². The fourth-order valence-electron chi connectivity index (χ4n) is 2.39. The molecule has 0 saturated heterocycles. The number of esters is 2. The van der Waals surface area contributed by atoms with Crippen LogP contribution in [-0.2, 0) is 23.2 Å². The third kappa shape index (κ3) is 5.11. The van der Waals surface area contributed by atoms with Gasteiger partial charge in [0.2, 0.25) is 11.6 Å². The lowest BCUT2D eigenvalue weighted by molar-refractivity contribution is -0.119. The quantitative estimate of drug-likeness (QED) is 0.378. The molecule has 3 rings (SSSR count). The number of halogens is 2. The van der Waals surface area contributed by atoms with Gasteiger partial charge in [0.25, 0.3) is 0 Å². The predicted molar refractivity (Wildman–Crippen MR) is 103 cm³/mol. The smallest absolute Gasteiger partial charge is 0.343 e. The first-order valence-electron chi connectivity index (χ1n) is 8.51. The van der Waals surface area contributed by atoms with E-state index in [4.69, 9.17) is 13.7 Å². The van der Waals surface area contributed by atoms with Crippen molar-refractivity contribution in [3.63, 3.8) is 0 Å². The molecule has 31 heavy (non-hydrogen) atoms. The minimum Gasteiger partial charge on any atom is -0.419 e. The molecule has 0 fully saturated rings. The maximum Gasteiger partial charge on any atom is 0.343 e. The summed E-state index contributed by atoms with van der Waals surface area (Å²) in [7, 11) is 1.21.